The van der Waals surface area contributed by atoms with Crippen molar-refractivity contribution in [3.63, 3.8) is 0 Å². The Morgan fingerprint density at radius 1 is 0.680 bits per heavy atom. The summed E-state index contributed by atoms with van der Waals surface area (Å²) in [6.45, 7) is 0. The highest BCUT2D eigenvalue weighted by Crippen LogP contribution is 2.42. The van der Waals surface area contributed by atoms with Crippen molar-refractivity contribution in [1.82, 2.24) is 0 Å². The second-order valence-corrected chi connectivity index (χ2v) is 9.61. The highest BCUT2D eigenvalue weighted by atomic mass is 32.2. The monoisotopic (exact) mass is 406 g/mol. The first-order valence-corrected chi connectivity index (χ1v) is 10.8. The fourth-order valence-corrected chi connectivity index (χ4v) is 4.71. The van der Waals surface area contributed by atoms with Crippen LogP contribution in [-0.2, 0) is 36.8 Å². The average Bonchev–Trinajstić information content (AvgIpc) is 2.80. The Hall–Kier alpha value is -1.83. The molecule has 0 fully saturated rings. The highest BCUT2D eigenvalue weighted by Gasteiger charge is 2.30. The highest BCUT2D eigenvalue weighted by molar-refractivity contribution is 7.86. The number of fused-ring (bicyclic) bond motifs is 3. The van der Waals surface area contributed by atoms with Crippen LogP contribution in [0.2, 0.25) is 0 Å². The van der Waals surface area contributed by atoms with E-state index in [-0.39, 0.29) is 23.1 Å². The van der Waals surface area contributed by atoms with Crippen LogP contribution in [0, 0.1) is 0 Å². The smallest absolute Gasteiger partial charge is 0.282 e. The molecule has 0 spiro atoms. The third kappa shape index (κ3) is 3.19. The van der Waals surface area contributed by atoms with Crippen molar-refractivity contribution in [3.8, 4) is 11.1 Å². The minimum atomic E-state index is -4.84. The normalized spacial score (nSPS) is 14.2. The summed E-state index contributed by atoms with van der Waals surface area (Å²) in [4.78, 5) is -1.86. The molecule has 2 aromatic carbocycles. The Bertz CT molecular complexity index is 1220. The van der Waals surface area contributed by atoms with Gasteiger partial charge in [-0.1, -0.05) is 6.07 Å². The average molecular weight is 406 g/mol. The van der Waals surface area contributed by atoms with Gasteiger partial charge in [-0.3, -0.25) is 13.7 Å². The predicted octanol–water partition coefficient (Wildman–Crippen LogP) is 0.998. The molecular formula is C13H10O9S3. The molecule has 0 aliphatic heterocycles. The van der Waals surface area contributed by atoms with Crippen LogP contribution in [0.15, 0.2) is 45.0 Å². The molecule has 0 atom stereocenters. The quantitative estimate of drug-likeness (QED) is 0.538. The van der Waals surface area contributed by atoms with Crippen LogP contribution in [0.5, 0.6) is 0 Å². The van der Waals surface area contributed by atoms with E-state index in [4.69, 9.17) is 9.11 Å². The molecule has 2 aromatic rings. The molecule has 0 amide bonds. The third-order valence-electron chi connectivity index (χ3n) is 3.76. The second-order valence-electron chi connectivity index (χ2n) is 5.38. The van der Waals surface area contributed by atoms with Gasteiger partial charge in [-0.2, -0.15) is 25.3 Å². The SMILES string of the molecule is O=S(=O)(O)c1ccc2c(c1)Cc1cc(S(=O)(=O)O)cc(S(=O)(=O)O)c1-2. The van der Waals surface area contributed by atoms with Crippen molar-refractivity contribution < 1.29 is 38.9 Å². The largest absolute Gasteiger partial charge is 0.295 e. The van der Waals surface area contributed by atoms with Crippen LogP contribution in [0.25, 0.3) is 11.1 Å². The van der Waals surface area contributed by atoms with Gasteiger partial charge in [-0.05, 0) is 47.4 Å². The Balaban J connectivity index is 2.35. The molecule has 1 aliphatic carbocycles. The van der Waals surface area contributed by atoms with Gasteiger partial charge in [0.05, 0.1) is 9.79 Å². The van der Waals surface area contributed by atoms with Crippen molar-refractivity contribution in [1.29, 1.82) is 0 Å². The zero-order valence-electron chi connectivity index (χ0n) is 12.1. The Labute approximate surface area is 143 Å². The molecule has 1 aliphatic rings. The fourth-order valence-electron chi connectivity index (χ4n) is 2.77. The molecule has 0 unspecified atom stereocenters. The van der Waals surface area contributed by atoms with Crippen LogP contribution in [0.4, 0.5) is 0 Å². The first-order valence-electron chi connectivity index (χ1n) is 6.51. The van der Waals surface area contributed by atoms with Crippen LogP contribution in [0.1, 0.15) is 11.1 Å². The maximum Gasteiger partial charge on any atom is 0.295 e. The van der Waals surface area contributed by atoms with E-state index in [2.05, 4.69) is 0 Å². The van der Waals surface area contributed by atoms with Gasteiger partial charge < -0.3 is 0 Å². The maximum absolute atomic E-state index is 11.7. The van der Waals surface area contributed by atoms with Gasteiger partial charge in [0.2, 0.25) is 0 Å². The van der Waals surface area contributed by atoms with Crippen LogP contribution in [-0.4, -0.2) is 38.9 Å². The predicted molar refractivity (Wildman–Crippen MR) is 84.1 cm³/mol. The van der Waals surface area contributed by atoms with Crippen molar-refractivity contribution in [3.05, 3.63) is 41.5 Å². The summed E-state index contributed by atoms with van der Waals surface area (Å²) in [6.07, 6.45) is -0.0556. The molecule has 134 valence electrons. The number of rotatable bonds is 3. The molecule has 0 saturated carbocycles. The van der Waals surface area contributed by atoms with Gasteiger partial charge in [0.15, 0.2) is 0 Å². The molecule has 3 N–H and O–H groups in total. The molecule has 12 heteroatoms. The second kappa shape index (κ2) is 5.33. The summed E-state index contributed by atoms with van der Waals surface area (Å²) in [5.74, 6) is 0. The van der Waals surface area contributed by atoms with Gasteiger partial charge in [0.25, 0.3) is 30.4 Å². The lowest BCUT2D eigenvalue weighted by Crippen LogP contribution is -2.06. The van der Waals surface area contributed by atoms with E-state index >= 15 is 0 Å². The maximum atomic E-state index is 11.7. The van der Waals surface area contributed by atoms with Gasteiger partial charge in [0, 0.05) is 5.56 Å². The topological polar surface area (TPSA) is 163 Å². The summed E-state index contributed by atoms with van der Waals surface area (Å²) in [6, 6.07) is 5.06. The first kappa shape index (κ1) is 18.0. The number of hydrogen-bond acceptors (Lipinski definition) is 6. The van der Waals surface area contributed by atoms with Crippen molar-refractivity contribution >= 4 is 30.4 Å². The van der Waals surface area contributed by atoms with E-state index in [0.717, 1.165) is 18.2 Å². The number of hydrogen-bond donors (Lipinski definition) is 3. The summed E-state index contributed by atoms with van der Waals surface area (Å²) in [5.41, 5.74) is 0.733. The lowest BCUT2D eigenvalue weighted by Gasteiger charge is -2.09. The third-order valence-corrected chi connectivity index (χ3v) is 6.32. The molecule has 0 radical (unpaired) electrons. The molecular weight excluding hydrogens is 396 g/mol. The van der Waals surface area contributed by atoms with Crippen molar-refractivity contribution in [2.45, 2.75) is 21.1 Å². The summed E-state index contributed by atoms with van der Waals surface area (Å²) < 4.78 is 96.1. The minimum absolute atomic E-state index is 0.00628. The van der Waals surface area contributed by atoms with Gasteiger partial charge in [-0.25, -0.2) is 0 Å². The van der Waals surface area contributed by atoms with E-state index in [9.17, 15) is 29.8 Å². The van der Waals surface area contributed by atoms with Crippen molar-refractivity contribution in [2.24, 2.45) is 0 Å². The minimum Gasteiger partial charge on any atom is -0.282 e. The zero-order chi connectivity index (χ0) is 18.8. The molecule has 9 nitrogen and oxygen atoms in total. The zero-order valence-corrected chi connectivity index (χ0v) is 14.6. The molecule has 25 heavy (non-hydrogen) atoms. The lowest BCUT2D eigenvalue weighted by atomic mass is 10.1. The molecule has 0 heterocycles. The van der Waals surface area contributed by atoms with E-state index in [1.54, 1.807) is 0 Å². The number of benzene rings is 2. The Morgan fingerprint density at radius 2 is 1.24 bits per heavy atom. The Kier molecular flexibility index (Phi) is 3.83. The van der Waals surface area contributed by atoms with Gasteiger partial charge in [-0.15, -0.1) is 0 Å². The van der Waals surface area contributed by atoms with Crippen molar-refractivity contribution in [2.75, 3.05) is 0 Å². The fraction of sp³-hybridized carbons (Fsp3) is 0.0769. The molecule has 0 saturated heterocycles. The molecule has 3 rings (SSSR count). The van der Waals surface area contributed by atoms with E-state index in [1.807, 2.05) is 0 Å². The first-order chi connectivity index (χ1) is 11.3. The molecule has 0 aromatic heterocycles. The van der Waals surface area contributed by atoms with E-state index in [0.29, 0.717) is 11.6 Å². The lowest BCUT2D eigenvalue weighted by molar-refractivity contribution is 0.478. The van der Waals surface area contributed by atoms with E-state index < -0.39 is 45.0 Å². The summed E-state index contributed by atoms with van der Waals surface area (Å²) in [7, 11) is -14.1. The van der Waals surface area contributed by atoms with Crippen LogP contribution >= 0.6 is 0 Å². The van der Waals surface area contributed by atoms with Gasteiger partial charge >= 0.3 is 0 Å². The summed E-state index contributed by atoms with van der Waals surface area (Å²) in [5, 5.41) is 0. The molecule has 0 bridgehead atoms. The Morgan fingerprint density at radius 3 is 1.76 bits per heavy atom. The standard InChI is InChI=1S/C13H10O9S3/c14-23(15,16)9-1-2-11-7(4-9)3-8-5-10(24(17,18)19)6-12(13(8)11)25(20,21)22/h1-2,4-6H,3H2,(H,14,15,16)(H,17,18,19)(H,20,21,22). The van der Waals surface area contributed by atoms with E-state index in [1.165, 1.54) is 6.07 Å². The van der Waals surface area contributed by atoms with Gasteiger partial charge in [0.1, 0.15) is 4.90 Å². The van der Waals surface area contributed by atoms with Crippen LogP contribution in [0.3, 0.4) is 0 Å². The van der Waals surface area contributed by atoms with Crippen LogP contribution < -0.4 is 0 Å². The summed E-state index contributed by atoms with van der Waals surface area (Å²) >= 11 is 0.